The Morgan fingerprint density at radius 2 is 1.83 bits per heavy atom. The van der Waals surface area contributed by atoms with Gasteiger partial charge in [-0.25, -0.2) is 4.98 Å². The van der Waals surface area contributed by atoms with Gasteiger partial charge in [0.25, 0.3) is 0 Å². The van der Waals surface area contributed by atoms with E-state index in [0.29, 0.717) is 42.4 Å². The maximum atomic E-state index is 13.1. The van der Waals surface area contributed by atoms with Gasteiger partial charge in [-0.2, -0.15) is 10.5 Å². The van der Waals surface area contributed by atoms with Crippen LogP contribution in [0.5, 0.6) is 0 Å². The molecule has 2 aromatic heterocycles. The maximum absolute atomic E-state index is 13.1. The number of benzene rings is 1. The smallest absolute Gasteiger partial charge is 0.239 e. The lowest BCUT2D eigenvalue weighted by Crippen LogP contribution is -2.37. The van der Waals surface area contributed by atoms with Crippen molar-refractivity contribution < 1.29 is 4.79 Å². The monoisotopic (exact) mass is 467 g/mol. The molecule has 1 amide bonds. The first-order valence-corrected chi connectivity index (χ1v) is 11.8. The molecule has 3 aromatic rings. The van der Waals surface area contributed by atoms with Gasteiger partial charge >= 0.3 is 0 Å². The quantitative estimate of drug-likeness (QED) is 0.596. The highest BCUT2D eigenvalue weighted by Gasteiger charge is 2.23. The Morgan fingerprint density at radius 1 is 1.03 bits per heavy atom. The molecule has 0 unspecified atom stereocenters. The normalized spacial score (nSPS) is 14.1. The number of aromatic nitrogens is 2. The summed E-state index contributed by atoms with van der Waals surface area (Å²) >= 11 is 0. The van der Waals surface area contributed by atoms with Crippen LogP contribution in [0.2, 0.25) is 0 Å². The average molecular weight is 468 g/mol. The number of hydrogen-bond donors (Lipinski definition) is 1. The van der Waals surface area contributed by atoms with Gasteiger partial charge in [-0.1, -0.05) is 30.3 Å². The van der Waals surface area contributed by atoms with E-state index >= 15 is 0 Å². The highest BCUT2D eigenvalue weighted by molar-refractivity contribution is 5.93. The Kier molecular flexibility index (Phi) is 7.45. The van der Waals surface area contributed by atoms with Crippen LogP contribution in [0, 0.1) is 36.5 Å². The number of hydrogen-bond acceptors (Lipinski definition) is 6. The number of carbonyl (C=O) groups is 1. The van der Waals surface area contributed by atoms with Crippen LogP contribution in [0.15, 0.2) is 48.7 Å². The number of pyridine rings is 1. The van der Waals surface area contributed by atoms with E-state index in [1.807, 2.05) is 48.7 Å². The van der Waals surface area contributed by atoms with Crippen molar-refractivity contribution in [1.29, 1.82) is 10.5 Å². The van der Waals surface area contributed by atoms with Crippen molar-refractivity contribution in [3.63, 3.8) is 0 Å². The summed E-state index contributed by atoms with van der Waals surface area (Å²) in [6.07, 6.45) is 2.56. The number of nitrogens with one attached hydrogen (secondary N) is 1. The van der Waals surface area contributed by atoms with Crippen molar-refractivity contribution in [3.8, 4) is 12.1 Å². The second-order valence-electron chi connectivity index (χ2n) is 8.77. The van der Waals surface area contributed by atoms with Gasteiger partial charge in [0.1, 0.15) is 23.8 Å². The van der Waals surface area contributed by atoms with Crippen molar-refractivity contribution in [2.45, 2.75) is 26.8 Å². The average Bonchev–Trinajstić information content (AvgIpc) is 3.02. The van der Waals surface area contributed by atoms with Gasteiger partial charge in [-0.05, 0) is 43.5 Å². The number of nitriles is 2. The second-order valence-corrected chi connectivity index (χ2v) is 8.77. The molecule has 1 saturated heterocycles. The molecule has 0 saturated carbocycles. The third-order valence-corrected chi connectivity index (χ3v) is 6.54. The minimum Gasteiger partial charge on any atom is -0.354 e. The molecule has 8 heteroatoms. The van der Waals surface area contributed by atoms with Crippen LogP contribution in [0.1, 0.15) is 34.4 Å². The van der Waals surface area contributed by atoms with Crippen molar-refractivity contribution >= 4 is 17.5 Å². The Balaban J connectivity index is 1.45. The number of nitrogens with zero attached hydrogens (tertiary/aromatic N) is 6. The van der Waals surface area contributed by atoms with Crippen LogP contribution < -0.4 is 10.2 Å². The van der Waals surface area contributed by atoms with Crippen molar-refractivity contribution in [2.24, 2.45) is 0 Å². The van der Waals surface area contributed by atoms with Crippen LogP contribution in [0.25, 0.3) is 0 Å². The molecule has 1 aliphatic heterocycles. The minimum absolute atomic E-state index is 0.141. The molecule has 1 fully saturated rings. The molecule has 0 spiro atoms. The van der Waals surface area contributed by atoms with Gasteiger partial charge in [0.05, 0.1) is 17.7 Å². The summed E-state index contributed by atoms with van der Waals surface area (Å²) in [5, 5.41) is 22.2. The van der Waals surface area contributed by atoms with Gasteiger partial charge in [0.15, 0.2) is 0 Å². The lowest BCUT2D eigenvalue weighted by atomic mass is 10.2. The zero-order valence-corrected chi connectivity index (χ0v) is 20.2. The van der Waals surface area contributed by atoms with E-state index < -0.39 is 0 Å². The lowest BCUT2D eigenvalue weighted by molar-refractivity contribution is -0.117. The molecule has 8 nitrogen and oxygen atoms in total. The van der Waals surface area contributed by atoms with Gasteiger partial charge in [-0.15, -0.1) is 0 Å². The van der Waals surface area contributed by atoms with Gasteiger partial charge in [0, 0.05) is 44.6 Å². The van der Waals surface area contributed by atoms with Crippen molar-refractivity contribution in [2.75, 3.05) is 42.9 Å². The molecule has 0 aliphatic carbocycles. The minimum atomic E-state index is -0.141. The summed E-state index contributed by atoms with van der Waals surface area (Å²) in [5.41, 5.74) is 4.02. The fourth-order valence-electron chi connectivity index (χ4n) is 4.55. The van der Waals surface area contributed by atoms with E-state index in [1.165, 1.54) is 0 Å². The Morgan fingerprint density at radius 3 is 2.57 bits per heavy atom. The summed E-state index contributed by atoms with van der Waals surface area (Å²) in [6.45, 7) is 7.63. The molecule has 1 aromatic carbocycles. The molecule has 1 aliphatic rings. The first kappa shape index (κ1) is 24.0. The van der Waals surface area contributed by atoms with E-state index in [-0.39, 0.29) is 12.5 Å². The summed E-state index contributed by atoms with van der Waals surface area (Å²) < 4.78 is 2.01. The van der Waals surface area contributed by atoms with E-state index in [2.05, 4.69) is 32.2 Å². The van der Waals surface area contributed by atoms with Gasteiger partial charge in [0.2, 0.25) is 5.91 Å². The molecule has 1 N–H and O–H groups in total. The lowest BCUT2D eigenvalue weighted by Gasteiger charge is -2.23. The molecular formula is C27H29N7O. The summed E-state index contributed by atoms with van der Waals surface area (Å²) in [4.78, 5) is 21.7. The number of rotatable bonds is 6. The van der Waals surface area contributed by atoms with Crippen LogP contribution in [0.3, 0.4) is 0 Å². The molecule has 0 radical (unpaired) electrons. The SMILES string of the molecule is Cc1c(C#N)c(NC(=O)CN2CCCN(c3ncccc3C#N)CC2)n(Cc2ccccc2)c1C. The second kappa shape index (κ2) is 10.9. The molecule has 35 heavy (non-hydrogen) atoms. The predicted octanol–water partition coefficient (Wildman–Crippen LogP) is 3.44. The third kappa shape index (κ3) is 5.34. The van der Waals surface area contributed by atoms with E-state index in [1.54, 1.807) is 18.3 Å². The molecule has 0 atom stereocenters. The fraction of sp³-hybridized carbons (Fsp3) is 0.333. The number of amides is 1. The molecule has 0 bridgehead atoms. The third-order valence-electron chi connectivity index (χ3n) is 6.54. The highest BCUT2D eigenvalue weighted by atomic mass is 16.2. The fourth-order valence-corrected chi connectivity index (χ4v) is 4.55. The predicted molar refractivity (Wildman–Crippen MR) is 135 cm³/mol. The van der Waals surface area contributed by atoms with E-state index in [9.17, 15) is 15.3 Å². The zero-order valence-electron chi connectivity index (χ0n) is 20.2. The van der Waals surface area contributed by atoms with Crippen LogP contribution in [0.4, 0.5) is 11.6 Å². The molecule has 3 heterocycles. The zero-order chi connectivity index (χ0) is 24.8. The Hall–Kier alpha value is -4.14. The van der Waals surface area contributed by atoms with E-state index in [4.69, 9.17) is 0 Å². The largest absolute Gasteiger partial charge is 0.354 e. The number of anilines is 2. The maximum Gasteiger partial charge on any atom is 0.239 e. The van der Waals surface area contributed by atoms with Crippen molar-refractivity contribution in [3.05, 3.63) is 76.6 Å². The summed E-state index contributed by atoms with van der Waals surface area (Å²) in [5.74, 6) is 1.11. The topological polar surface area (TPSA) is 101 Å². The standard InChI is InChI=1S/C27H29N7O/c1-20-21(2)34(18-22-8-4-3-5-9-22)27(24(20)17-29)31-25(35)19-32-12-7-13-33(15-14-32)26-23(16-28)10-6-11-30-26/h3-6,8-11H,7,12-15,18-19H2,1-2H3,(H,31,35). The highest BCUT2D eigenvalue weighted by Crippen LogP contribution is 2.27. The molecule has 4 rings (SSSR count). The van der Waals surface area contributed by atoms with Crippen molar-refractivity contribution in [1.82, 2.24) is 14.5 Å². The summed E-state index contributed by atoms with van der Waals surface area (Å²) in [6, 6.07) is 18.0. The summed E-state index contributed by atoms with van der Waals surface area (Å²) in [7, 11) is 0. The molecule has 178 valence electrons. The Labute approximate surface area is 206 Å². The van der Waals surface area contributed by atoms with Gasteiger partial charge in [-0.3, -0.25) is 9.69 Å². The number of carbonyl (C=O) groups excluding carboxylic acids is 1. The van der Waals surface area contributed by atoms with E-state index in [0.717, 1.165) is 36.3 Å². The first-order valence-electron chi connectivity index (χ1n) is 11.8. The van der Waals surface area contributed by atoms with Gasteiger partial charge < -0.3 is 14.8 Å². The van der Waals surface area contributed by atoms with Crippen LogP contribution in [-0.4, -0.2) is 53.1 Å². The Bertz CT molecular complexity index is 1280. The first-order chi connectivity index (χ1) is 17.0. The van der Waals surface area contributed by atoms with Crippen LogP contribution in [-0.2, 0) is 11.3 Å². The molecular weight excluding hydrogens is 438 g/mol. The van der Waals surface area contributed by atoms with Crippen LogP contribution >= 0.6 is 0 Å².